The van der Waals surface area contributed by atoms with Crippen molar-refractivity contribution in [3.63, 3.8) is 0 Å². The molecular weight excluding hydrogens is 247 g/mol. The lowest BCUT2D eigenvalue weighted by Gasteiger charge is -2.06. The van der Waals surface area contributed by atoms with Gasteiger partial charge in [0.25, 0.3) is 0 Å². The van der Waals surface area contributed by atoms with Crippen LogP contribution in [-0.2, 0) is 14.8 Å². The van der Waals surface area contributed by atoms with Gasteiger partial charge in [-0.25, -0.2) is 17.5 Å². The van der Waals surface area contributed by atoms with Crippen molar-refractivity contribution in [1.29, 1.82) is 0 Å². The molecular formula is C10H13FN2O3S. The van der Waals surface area contributed by atoms with Crippen LogP contribution in [0.1, 0.15) is 6.42 Å². The first-order chi connectivity index (χ1) is 7.97. The Bertz CT molecular complexity index is 502. The molecule has 0 atom stereocenters. The van der Waals surface area contributed by atoms with E-state index in [-0.39, 0.29) is 18.9 Å². The lowest BCUT2D eigenvalue weighted by Crippen LogP contribution is -2.29. The van der Waals surface area contributed by atoms with Gasteiger partial charge in [0, 0.05) is 20.0 Å². The highest BCUT2D eigenvalue weighted by Gasteiger charge is 2.17. The van der Waals surface area contributed by atoms with Crippen LogP contribution in [0.25, 0.3) is 0 Å². The molecule has 0 saturated carbocycles. The molecule has 0 aliphatic rings. The Hall–Kier alpha value is -1.47. The van der Waals surface area contributed by atoms with Crippen molar-refractivity contribution in [1.82, 2.24) is 10.0 Å². The first kappa shape index (κ1) is 13.6. The fourth-order valence-electron chi connectivity index (χ4n) is 1.16. The van der Waals surface area contributed by atoms with E-state index in [1.807, 2.05) is 0 Å². The lowest BCUT2D eigenvalue weighted by molar-refractivity contribution is -0.120. The molecule has 94 valence electrons. The first-order valence-electron chi connectivity index (χ1n) is 4.92. The van der Waals surface area contributed by atoms with E-state index in [2.05, 4.69) is 10.0 Å². The van der Waals surface area contributed by atoms with Gasteiger partial charge >= 0.3 is 0 Å². The maximum absolute atomic E-state index is 13.2. The molecule has 0 aromatic heterocycles. The number of rotatable bonds is 5. The third-order valence-electron chi connectivity index (χ3n) is 2.05. The van der Waals surface area contributed by atoms with Crippen LogP contribution in [-0.4, -0.2) is 27.9 Å². The first-order valence-corrected chi connectivity index (χ1v) is 6.40. The molecule has 0 saturated heterocycles. The molecule has 0 aliphatic carbocycles. The van der Waals surface area contributed by atoms with Crippen LogP contribution in [0.5, 0.6) is 0 Å². The second kappa shape index (κ2) is 5.74. The highest BCUT2D eigenvalue weighted by Crippen LogP contribution is 2.12. The van der Waals surface area contributed by atoms with E-state index < -0.39 is 20.7 Å². The molecule has 0 fully saturated rings. The van der Waals surface area contributed by atoms with Gasteiger partial charge in [-0.15, -0.1) is 0 Å². The molecule has 0 radical (unpaired) electrons. The third-order valence-corrected chi connectivity index (χ3v) is 3.54. The number of benzene rings is 1. The van der Waals surface area contributed by atoms with Crippen LogP contribution in [0.2, 0.25) is 0 Å². The molecule has 0 aliphatic heterocycles. The van der Waals surface area contributed by atoms with Crippen LogP contribution in [0.3, 0.4) is 0 Å². The number of hydrogen-bond donors (Lipinski definition) is 2. The Morgan fingerprint density at radius 2 is 2.00 bits per heavy atom. The summed E-state index contributed by atoms with van der Waals surface area (Å²) in [6, 6.07) is 5.06. The average molecular weight is 260 g/mol. The van der Waals surface area contributed by atoms with E-state index in [0.29, 0.717) is 0 Å². The quantitative estimate of drug-likeness (QED) is 0.796. The number of sulfonamides is 1. The normalized spacial score (nSPS) is 11.2. The van der Waals surface area contributed by atoms with Gasteiger partial charge in [-0.1, -0.05) is 12.1 Å². The summed E-state index contributed by atoms with van der Waals surface area (Å²) in [5.74, 6) is -1.11. The molecule has 2 N–H and O–H groups in total. The van der Waals surface area contributed by atoms with E-state index in [1.54, 1.807) is 0 Å². The monoisotopic (exact) mass is 260 g/mol. The minimum Gasteiger partial charge on any atom is -0.359 e. The second-order valence-corrected chi connectivity index (χ2v) is 4.99. The standard InChI is InChI=1S/C10H13FN2O3S/c1-12-10(14)6-7-13-17(15,16)9-5-3-2-4-8(9)11/h2-5,13H,6-7H2,1H3,(H,12,14). The van der Waals surface area contributed by atoms with Crippen molar-refractivity contribution in [3.8, 4) is 0 Å². The van der Waals surface area contributed by atoms with Gasteiger partial charge in [-0.3, -0.25) is 4.79 Å². The molecule has 0 spiro atoms. The van der Waals surface area contributed by atoms with E-state index in [1.165, 1.54) is 19.2 Å². The second-order valence-electron chi connectivity index (χ2n) is 3.25. The maximum Gasteiger partial charge on any atom is 0.243 e. The summed E-state index contributed by atoms with van der Waals surface area (Å²) in [7, 11) is -2.45. The number of carbonyl (C=O) groups is 1. The average Bonchev–Trinajstić information content (AvgIpc) is 2.28. The van der Waals surface area contributed by atoms with Crippen molar-refractivity contribution in [2.75, 3.05) is 13.6 Å². The zero-order chi connectivity index (χ0) is 12.9. The molecule has 5 nitrogen and oxygen atoms in total. The van der Waals surface area contributed by atoms with Gasteiger partial charge in [0.15, 0.2) is 0 Å². The highest BCUT2D eigenvalue weighted by molar-refractivity contribution is 7.89. The number of nitrogens with one attached hydrogen (secondary N) is 2. The van der Waals surface area contributed by atoms with Crippen LogP contribution < -0.4 is 10.0 Å². The van der Waals surface area contributed by atoms with Gasteiger partial charge < -0.3 is 5.32 Å². The molecule has 1 aromatic carbocycles. The van der Waals surface area contributed by atoms with E-state index in [4.69, 9.17) is 0 Å². The minimum absolute atomic E-state index is 0.00415. The topological polar surface area (TPSA) is 75.3 Å². The smallest absolute Gasteiger partial charge is 0.243 e. The molecule has 0 unspecified atom stereocenters. The van der Waals surface area contributed by atoms with E-state index in [9.17, 15) is 17.6 Å². The molecule has 1 amide bonds. The molecule has 0 bridgehead atoms. The van der Waals surface area contributed by atoms with Crippen LogP contribution in [0.15, 0.2) is 29.2 Å². The van der Waals surface area contributed by atoms with Gasteiger partial charge in [0.2, 0.25) is 15.9 Å². The summed E-state index contributed by atoms with van der Waals surface area (Å²) in [5, 5.41) is 2.35. The summed E-state index contributed by atoms with van der Waals surface area (Å²) in [4.78, 5) is 10.5. The fraction of sp³-hybridized carbons (Fsp3) is 0.300. The summed E-state index contributed by atoms with van der Waals surface area (Å²) in [6.45, 7) is -0.0731. The molecule has 1 rings (SSSR count). The van der Waals surface area contributed by atoms with E-state index in [0.717, 1.165) is 12.1 Å². The fourth-order valence-corrected chi connectivity index (χ4v) is 2.27. The molecule has 0 heterocycles. The number of carbonyl (C=O) groups excluding carboxylic acids is 1. The van der Waals surface area contributed by atoms with Gasteiger partial charge in [0.05, 0.1) is 0 Å². The van der Waals surface area contributed by atoms with Gasteiger partial charge in [-0.05, 0) is 12.1 Å². The zero-order valence-corrected chi connectivity index (χ0v) is 10.1. The minimum atomic E-state index is -3.90. The number of halogens is 1. The zero-order valence-electron chi connectivity index (χ0n) is 9.23. The Morgan fingerprint density at radius 3 is 2.59 bits per heavy atom. The summed E-state index contributed by atoms with van der Waals surface area (Å²) in [6.07, 6.45) is 0.00415. The van der Waals surface area contributed by atoms with Crippen molar-refractivity contribution in [2.45, 2.75) is 11.3 Å². The summed E-state index contributed by atoms with van der Waals surface area (Å²) in [5.41, 5.74) is 0. The molecule has 7 heteroatoms. The van der Waals surface area contributed by atoms with Crippen LogP contribution in [0, 0.1) is 5.82 Å². The molecule has 17 heavy (non-hydrogen) atoms. The van der Waals surface area contributed by atoms with Gasteiger partial charge in [0.1, 0.15) is 10.7 Å². The van der Waals surface area contributed by atoms with Crippen molar-refractivity contribution < 1.29 is 17.6 Å². The van der Waals surface area contributed by atoms with Crippen LogP contribution >= 0.6 is 0 Å². The number of amides is 1. The SMILES string of the molecule is CNC(=O)CCNS(=O)(=O)c1ccccc1F. The predicted octanol–water partition coefficient (Wildman–Crippen LogP) is 0.240. The van der Waals surface area contributed by atoms with Gasteiger partial charge in [-0.2, -0.15) is 0 Å². The predicted molar refractivity (Wildman–Crippen MR) is 60.3 cm³/mol. The largest absolute Gasteiger partial charge is 0.359 e. The summed E-state index contributed by atoms with van der Waals surface area (Å²) >= 11 is 0. The van der Waals surface area contributed by atoms with Crippen molar-refractivity contribution in [3.05, 3.63) is 30.1 Å². The number of hydrogen-bond acceptors (Lipinski definition) is 3. The lowest BCUT2D eigenvalue weighted by atomic mass is 10.4. The Kier molecular flexibility index (Phi) is 4.59. The Morgan fingerprint density at radius 1 is 1.35 bits per heavy atom. The third kappa shape index (κ3) is 3.79. The van der Waals surface area contributed by atoms with Crippen molar-refractivity contribution >= 4 is 15.9 Å². The van der Waals surface area contributed by atoms with Crippen LogP contribution in [0.4, 0.5) is 4.39 Å². The Labute approximate surface area is 99.1 Å². The maximum atomic E-state index is 13.2. The highest BCUT2D eigenvalue weighted by atomic mass is 32.2. The molecule has 1 aromatic rings. The summed E-state index contributed by atoms with van der Waals surface area (Å²) < 4.78 is 38.7. The van der Waals surface area contributed by atoms with E-state index >= 15 is 0 Å². The Balaban J connectivity index is 2.70. The van der Waals surface area contributed by atoms with Crippen molar-refractivity contribution in [2.24, 2.45) is 0 Å².